The molecule has 6 heteroatoms. The van der Waals surface area contributed by atoms with Crippen LogP contribution in [0.4, 0.5) is 4.79 Å². The van der Waals surface area contributed by atoms with Crippen LogP contribution in [0, 0.1) is 0 Å². The van der Waals surface area contributed by atoms with E-state index in [0.29, 0.717) is 12.9 Å². The van der Waals surface area contributed by atoms with Gasteiger partial charge in [-0.25, -0.2) is 4.79 Å². The third-order valence-electron chi connectivity index (χ3n) is 3.09. The number of aldehydes is 1. The smallest absolute Gasteiger partial charge is 0.410 e. The zero-order valence-electron chi connectivity index (χ0n) is 12.5. The lowest BCUT2D eigenvalue weighted by Crippen LogP contribution is -2.29. The van der Waals surface area contributed by atoms with E-state index in [4.69, 9.17) is 4.74 Å². The molecule has 1 aromatic carbocycles. The van der Waals surface area contributed by atoms with Crippen molar-refractivity contribution in [3.8, 4) is 0 Å². The quantitative estimate of drug-likeness (QED) is 0.614. The largest absolute Gasteiger partial charge is 0.447 e. The van der Waals surface area contributed by atoms with E-state index in [2.05, 4.69) is 9.47 Å². The topological polar surface area (TPSA) is 65.1 Å². The maximum absolute atomic E-state index is 11.3. The van der Waals surface area contributed by atoms with Crippen LogP contribution < -0.4 is 0 Å². The van der Waals surface area contributed by atoms with Gasteiger partial charge in [0.05, 0.1) is 12.6 Å². The highest BCUT2D eigenvalue weighted by atomic mass is 16.7. The molecule has 1 amide bonds. The molecular formula is C15H21NO5. The molecule has 21 heavy (non-hydrogen) atoms. The highest BCUT2D eigenvalue weighted by Gasteiger charge is 2.33. The van der Waals surface area contributed by atoms with Crippen molar-refractivity contribution >= 4 is 12.4 Å². The highest BCUT2D eigenvalue weighted by Crippen LogP contribution is 2.26. The van der Waals surface area contributed by atoms with Crippen LogP contribution in [-0.2, 0) is 19.0 Å². The van der Waals surface area contributed by atoms with E-state index in [0.717, 1.165) is 5.56 Å². The first-order valence-corrected chi connectivity index (χ1v) is 6.61. The van der Waals surface area contributed by atoms with Crippen LogP contribution in [0.3, 0.4) is 0 Å². The van der Waals surface area contributed by atoms with E-state index < -0.39 is 6.09 Å². The van der Waals surface area contributed by atoms with Crippen molar-refractivity contribution in [2.24, 2.45) is 0 Å². The number of carbonyl (C=O) groups excluding carboxylic acids is 2. The average Bonchev–Trinajstić information content (AvgIpc) is 2.89. The van der Waals surface area contributed by atoms with Gasteiger partial charge in [-0.3, -0.25) is 4.90 Å². The SMILES string of the molecule is COC(C)OC.O=CCN1C(=O)OCC1c1ccccc1. The van der Waals surface area contributed by atoms with E-state index in [1.54, 1.807) is 14.2 Å². The van der Waals surface area contributed by atoms with Crippen LogP contribution in [0.5, 0.6) is 0 Å². The lowest BCUT2D eigenvalue weighted by atomic mass is 10.1. The summed E-state index contributed by atoms with van der Waals surface area (Å²) in [4.78, 5) is 23.2. The number of hydrogen-bond acceptors (Lipinski definition) is 5. The monoisotopic (exact) mass is 295 g/mol. The molecule has 0 spiro atoms. The third-order valence-corrected chi connectivity index (χ3v) is 3.09. The van der Waals surface area contributed by atoms with E-state index >= 15 is 0 Å². The first kappa shape index (κ1) is 17.1. The molecule has 0 bridgehead atoms. The van der Waals surface area contributed by atoms with Crippen molar-refractivity contribution < 1.29 is 23.8 Å². The second-order valence-electron chi connectivity index (χ2n) is 4.36. The van der Waals surface area contributed by atoms with Crippen LogP contribution in [0.2, 0.25) is 0 Å². The van der Waals surface area contributed by atoms with Crippen molar-refractivity contribution in [3.63, 3.8) is 0 Å². The fraction of sp³-hybridized carbons (Fsp3) is 0.467. The molecule has 1 aliphatic heterocycles. The van der Waals surface area contributed by atoms with E-state index in [-0.39, 0.29) is 18.9 Å². The van der Waals surface area contributed by atoms with Gasteiger partial charge in [-0.05, 0) is 12.5 Å². The number of nitrogens with zero attached hydrogens (tertiary/aromatic N) is 1. The van der Waals surface area contributed by atoms with Gasteiger partial charge in [0.2, 0.25) is 0 Å². The van der Waals surface area contributed by atoms with Crippen LogP contribution in [-0.4, -0.2) is 50.9 Å². The van der Waals surface area contributed by atoms with Gasteiger partial charge in [0.25, 0.3) is 0 Å². The first-order valence-electron chi connectivity index (χ1n) is 6.61. The summed E-state index contributed by atoms with van der Waals surface area (Å²) >= 11 is 0. The second kappa shape index (κ2) is 9.10. The Morgan fingerprint density at radius 2 is 1.95 bits per heavy atom. The van der Waals surface area contributed by atoms with Crippen molar-refractivity contribution in [2.75, 3.05) is 27.4 Å². The molecule has 1 aliphatic rings. The standard InChI is InChI=1S/C11H11NO3.C4H10O2/c13-7-6-12-10(8-15-11(12)14)9-4-2-1-3-5-9;1-4(5-2)6-3/h1-5,7,10H,6,8H2;4H,1-3H3. The minimum Gasteiger partial charge on any atom is -0.447 e. The van der Waals surface area contributed by atoms with Gasteiger partial charge in [-0.2, -0.15) is 0 Å². The third kappa shape index (κ3) is 5.17. The fourth-order valence-electron chi connectivity index (χ4n) is 1.78. The number of cyclic esters (lactones) is 1. The molecule has 1 atom stereocenters. The maximum Gasteiger partial charge on any atom is 0.410 e. The Balaban J connectivity index is 0.000000315. The van der Waals surface area contributed by atoms with Gasteiger partial charge in [0, 0.05) is 14.2 Å². The summed E-state index contributed by atoms with van der Waals surface area (Å²) in [6.45, 7) is 2.23. The lowest BCUT2D eigenvalue weighted by molar-refractivity contribution is -0.108. The molecular weight excluding hydrogens is 274 g/mol. The van der Waals surface area contributed by atoms with Gasteiger partial charge in [-0.15, -0.1) is 0 Å². The molecule has 0 aliphatic carbocycles. The first-order chi connectivity index (χ1) is 10.1. The average molecular weight is 295 g/mol. The number of rotatable bonds is 5. The molecule has 0 radical (unpaired) electrons. The summed E-state index contributed by atoms with van der Waals surface area (Å²) in [6.07, 6.45) is 0.226. The van der Waals surface area contributed by atoms with E-state index in [1.165, 1.54) is 4.90 Å². The molecule has 1 aromatic rings. The van der Waals surface area contributed by atoms with Crippen molar-refractivity contribution in [2.45, 2.75) is 19.3 Å². The maximum atomic E-state index is 11.3. The predicted molar refractivity (Wildman–Crippen MR) is 76.8 cm³/mol. The van der Waals surface area contributed by atoms with E-state index in [1.807, 2.05) is 37.3 Å². The predicted octanol–water partition coefficient (Wildman–Crippen LogP) is 2.00. The van der Waals surface area contributed by atoms with E-state index in [9.17, 15) is 9.59 Å². The van der Waals surface area contributed by atoms with Crippen molar-refractivity contribution in [3.05, 3.63) is 35.9 Å². The van der Waals surface area contributed by atoms with Gasteiger partial charge in [-0.1, -0.05) is 30.3 Å². The molecule has 2 rings (SSSR count). The van der Waals surface area contributed by atoms with Gasteiger partial charge in [0.1, 0.15) is 12.9 Å². The van der Waals surface area contributed by atoms with Crippen molar-refractivity contribution in [1.29, 1.82) is 0 Å². The van der Waals surface area contributed by atoms with Gasteiger partial charge < -0.3 is 19.0 Å². The number of benzene rings is 1. The Bertz CT molecular complexity index is 433. The number of hydrogen-bond donors (Lipinski definition) is 0. The number of carbonyl (C=O) groups is 2. The number of methoxy groups -OCH3 is 2. The van der Waals surface area contributed by atoms with Gasteiger partial charge in [0.15, 0.2) is 6.29 Å². The molecule has 0 N–H and O–H groups in total. The summed E-state index contributed by atoms with van der Waals surface area (Å²) in [6, 6.07) is 9.41. The Kier molecular flexibility index (Phi) is 7.42. The Morgan fingerprint density at radius 3 is 2.43 bits per heavy atom. The Labute approximate surface area is 124 Å². The minimum atomic E-state index is -0.420. The zero-order valence-corrected chi connectivity index (χ0v) is 12.5. The molecule has 1 saturated heterocycles. The van der Waals surface area contributed by atoms with Crippen molar-refractivity contribution in [1.82, 2.24) is 4.90 Å². The number of amides is 1. The summed E-state index contributed by atoms with van der Waals surface area (Å²) in [5.41, 5.74) is 0.991. The van der Waals surface area contributed by atoms with Gasteiger partial charge >= 0.3 is 6.09 Å². The van der Waals surface area contributed by atoms with Crippen LogP contribution >= 0.6 is 0 Å². The molecule has 116 valence electrons. The summed E-state index contributed by atoms with van der Waals surface area (Å²) < 4.78 is 14.3. The van der Waals surface area contributed by atoms with Crippen LogP contribution in [0.15, 0.2) is 30.3 Å². The lowest BCUT2D eigenvalue weighted by Gasteiger charge is -2.18. The Hall–Kier alpha value is -1.92. The Morgan fingerprint density at radius 1 is 1.33 bits per heavy atom. The number of ether oxygens (including phenoxy) is 3. The molecule has 0 saturated carbocycles. The highest BCUT2D eigenvalue weighted by molar-refractivity contribution is 5.73. The summed E-state index contributed by atoms with van der Waals surface area (Å²) in [7, 11) is 3.21. The zero-order chi connectivity index (χ0) is 15.7. The summed E-state index contributed by atoms with van der Waals surface area (Å²) in [5, 5.41) is 0. The van der Waals surface area contributed by atoms with Crippen LogP contribution in [0.25, 0.3) is 0 Å². The molecule has 1 fully saturated rings. The fourth-order valence-corrected chi connectivity index (χ4v) is 1.78. The second-order valence-corrected chi connectivity index (χ2v) is 4.36. The minimum absolute atomic E-state index is 0.0648. The summed E-state index contributed by atoms with van der Waals surface area (Å²) in [5.74, 6) is 0. The van der Waals surface area contributed by atoms with Crippen LogP contribution in [0.1, 0.15) is 18.5 Å². The molecule has 0 aromatic heterocycles. The normalized spacial score (nSPS) is 17.2. The molecule has 6 nitrogen and oxygen atoms in total. The molecule has 1 unspecified atom stereocenters. The molecule has 1 heterocycles.